The van der Waals surface area contributed by atoms with Crippen molar-refractivity contribution in [2.24, 2.45) is 22.7 Å². The second kappa shape index (κ2) is 19.1. The number of benzene rings is 2. The van der Waals surface area contributed by atoms with E-state index in [2.05, 4.69) is 57.1 Å². The van der Waals surface area contributed by atoms with Crippen LogP contribution in [0.5, 0.6) is 0 Å². The summed E-state index contributed by atoms with van der Waals surface area (Å²) in [5, 5.41) is 18.1. The molecule has 0 saturated carbocycles. The Bertz CT molecular complexity index is 2480. The number of methoxy groups -OCH3 is 2. The molecule has 2 aromatic heterocycles. The van der Waals surface area contributed by atoms with Crippen molar-refractivity contribution in [3.05, 3.63) is 71.2 Å². The number of alkyl carbamates (subject to hydrolysis) is 2. The molecule has 65 heavy (non-hydrogen) atoms. The van der Waals surface area contributed by atoms with Gasteiger partial charge in [-0.3, -0.25) is 25.0 Å². The number of imidazole rings is 1. The fourth-order valence-corrected chi connectivity index (χ4v) is 10.3. The molecule has 7 unspecified atom stereocenters. The minimum absolute atomic E-state index is 0.111. The number of likely N-dealkylation sites (tertiary alicyclic amines) is 2. The van der Waals surface area contributed by atoms with Gasteiger partial charge in [0.25, 0.3) is 0 Å². The number of piperidine rings is 1. The molecule has 344 valence electrons. The first-order valence-electron chi connectivity index (χ1n) is 23.0. The highest BCUT2D eigenvalue weighted by atomic mass is 16.5. The van der Waals surface area contributed by atoms with Crippen molar-refractivity contribution < 1.29 is 28.7 Å². The highest BCUT2D eigenvalue weighted by molar-refractivity contribution is 6.36. The van der Waals surface area contributed by atoms with Crippen LogP contribution in [-0.2, 0) is 19.1 Å². The maximum atomic E-state index is 13.8. The number of pyridine rings is 1. The molecular weight excluding hydrogens is 825 g/mol. The predicted octanol–water partition coefficient (Wildman–Crippen LogP) is 7.26. The second-order valence-electron chi connectivity index (χ2n) is 18.8. The van der Waals surface area contributed by atoms with Crippen LogP contribution in [0, 0.1) is 23.2 Å². The summed E-state index contributed by atoms with van der Waals surface area (Å²) in [6, 6.07) is 13.3. The number of H-pyrrole nitrogens is 1. The van der Waals surface area contributed by atoms with Gasteiger partial charge in [-0.15, -0.1) is 0 Å². The van der Waals surface area contributed by atoms with Crippen molar-refractivity contribution in [1.29, 1.82) is 5.41 Å². The van der Waals surface area contributed by atoms with Crippen LogP contribution in [0.3, 0.4) is 0 Å². The molecule has 2 aromatic carbocycles. The number of hydrogen-bond acceptors (Lipinski definition) is 11. The molecule has 0 radical (unpaired) electrons. The van der Waals surface area contributed by atoms with Crippen LogP contribution in [0.25, 0.3) is 33.4 Å². The molecule has 16 heteroatoms. The molecule has 8 rings (SSSR count). The Kier molecular flexibility index (Phi) is 13.4. The first-order valence-corrected chi connectivity index (χ1v) is 23.0. The van der Waals surface area contributed by atoms with Crippen molar-refractivity contribution in [3.63, 3.8) is 0 Å². The Morgan fingerprint density at radius 2 is 1.49 bits per heavy atom. The van der Waals surface area contributed by atoms with E-state index in [1.54, 1.807) is 17.3 Å². The zero-order chi connectivity index (χ0) is 46.1. The Hall–Kier alpha value is -6.16. The maximum absolute atomic E-state index is 13.8. The number of carbonyl (C=O) groups excluding carboxylic acids is 4. The van der Waals surface area contributed by atoms with Gasteiger partial charge in [0.15, 0.2) is 0 Å². The quantitative estimate of drug-likeness (QED) is 0.0856. The predicted molar refractivity (Wildman–Crippen MR) is 249 cm³/mol. The molecule has 6 heterocycles. The van der Waals surface area contributed by atoms with Gasteiger partial charge in [-0.05, 0) is 103 Å². The number of aliphatic imine (C=N–C) groups is 1. The summed E-state index contributed by atoms with van der Waals surface area (Å²) in [4.78, 5) is 73.0. The normalized spacial score (nSPS) is 22.4. The van der Waals surface area contributed by atoms with E-state index in [1.807, 2.05) is 50.8 Å². The number of carbonyl (C=O) groups is 4. The minimum atomic E-state index is -0.704. The number of hydrogen-bond donors (Lipinski definition) is 5. The van der Waals surface area contributed by atoms with Gasteiger partial charge >= 0.3 is 12.2 Å². The van der Waals surface area contributed by atoms with Crippen LogP contribution in [-0.4, -0.2) is 113 Å². The van der Waals surface area contributed by atoms with Gasteiger partial charge in [0.05, 0.1) is 55.3 Å². The average Bonchev–Trinajstić information content (AvgIpc) is 4.12. The molecule has 3 fully saturated rings. The molecule has 4 aromatic rings. The fraction of sp³-hybridized carbons (Fsp3) is 0.510. The summed E-state index contributed by atoms with van der Waals surface area (Å²) >= 11 is 0. The molecule has 16 nitrogen and oxygen atoms in total. The van der Waals surface area contributed by atoms with Gasteiger partial charge in [0.1, 0.15) is 17.9 Å². The molecule has 0 spiro atoms. The maximum Gasteiger partial charge on any atom is 0.407 e. The van der Waals surface area contributed by atoms with Crippen molar-refractivity contribution in [3.8, 4) is 22.4 Å². The van der Waals surface area contributed by atoms with Crippen LogP contribution in [0.2, 0.25) is 0 Å². The lowest BCUT2D eigenvalue weighted by atomic mass is 9.88. The number of amides is 4. The van der Waals surface area contributed by atoms with E-state index in [0.29, 0.717) is 31.1 Å². The third-order valence-electron chi connectivity index (χ3n) is 13.7. The van der Waals surface area contributed by atoms with Crippen LogP contribution >= 0.6 is 0 Å². The number of aromatic amines is 1. The van der Waals surface area contributed by atoms with Crippen molar-refractivity contribution in [1.82, 2.24) is 40.7 Å². The number of aromatic nitrogens is 3. The number of nitrogens with one attached hydrogen (secondary N) is 5. The summed E-state index contributed by atoms with van der Waals surface area (Å²) in [5.41, 5.74) is 9.35. The lowest BCUT2D eigenvalue weighted by Crippen LogP contribution is -2.52. The monoisotopic (exact) mass is 886 g/mol. The molecule has 4 amide bonds. The Morgan fingerprint density at radius 3 is 2.14 bits per heavy atom. The van der Waals surface area contributed by atoms with E-state index >= 15 is 0 Å². The average molecular weight is 887 g/mol. The molecule has 4 aliphatic rings. The molecule has 4 aliphatic heterocycles. The van der Waals surface area contributed by atoms with Gasteiger partial charge in [0.2, 0.25) is 11.8 Å². The lowest BCUT2D eigenvalue weighted by molar-refractivity contribution is -0.136. The summed E-state index contributed by atoms with van der Waals surface area (Å²) in [6.45, 7) is 11.5. The molecule has 5 N–H and O–H groups in total. The van der Waals surface area contributed by atoms with Gasteiger partial charge in [0, 0.05) is 48.7 Å². The van der Waals surface area contributed by atoms with Crippen LogP contribution in [0.4, 0.5) is 9.59 Å². The Balaban J connectivity index is 1.00. The van der Waals surface area contributed by atoms with Gasteiger partial charge in [-0.25, -0.2) is 14.6 Å². The molecule has 0 aliphatic carbocycles. The van der Waals surface area contributed by atoms with Crippen LogP contribution in [0.1, 0.15) is 114 Å². The first-order chi connectivity index (χ1) is 31.3. The topological polar surface area (TPSA) is 207 Å². The summed E-state index contributed by atoms with van der Waals surface area (Å²) in [6.07, 6.45) is 7.34. The zero-order valence-electron chi connectivity index (χ0n) is 38.4. The molecule has 3 saturated heterocycles. The molecule has 7 atom stereocenters. The fourth-order valence-electron chi connectivity index (χ4n) is 10.3. The first kappa shape index (κ1) is 45.4. The van der Waals surface area contributed by atoms with E-state index in [4.69, 9.17) is 24.9 Å². The molecule has 2 bridgehead atoms. The number of ether oxygens (including phenoxy) is 2. The smallest absolute Gasteiger partial charge is 0.407 e. The highest BCUT2D eigenvalue weighted by Crippen LogP contribution is 2.52. The highest BCUT2D eigenvalue weighted by Gasteiger charge is 2.41. The zero-order valence-corrected chi connectivity index (χ0v) is 38.4. The second-order valence-corrected chi connectivity index (χ2v) is 18.8. The van der Waals surface area contributed by atoms with Crippen molar-refractivity contribution in [2.75, 3.05) is 33.9 Å². The number of nitrogens with zero attached hydrogens (tertiary/aromatic N) is 5. The lowest BCUT2D eigenvalue weighted by Gasteiger charge is -2.30. The van der Waals surface area contributed by atoms with E-state index < -0.39 is 24.3 Å². The third-order valence-corrected chi connectivity index (χ3v) is 13.7. The van der Waals surface area contributed by atoms with Crippen LogP contribution < -0.4 is 16.0 Å². The van der Waals surface area contributed by atoms with Crippen molar-refractivity contribution >= 4 is 47.0 Å². The van der Waals surface area contributed by atoms with Gasteiger partial charge in [-0.2, -0.15) is 0 Å². The minimum Gasteiger partial charge on any atom is -0.453 e. The summed E-state index contributed by atoms with van der Waals surface area (Å²) < 4.78 is 9.56. The van der Waals surface area contributed by atoms with Gasteiger partial charge in [-0.1, -0.05) is 52.8 Å². The van der Waals surface area contributed by atoms with Gasteiger partial charge < -0.3 is 40.2 Å². The number of rotatable bonds is 13. The third kappa shape index (κ3) is 9.22. The SMILES string of the molecule is COC(=O)NC(C(=O)N1CCCC1CN=CC(=N)c1ccc(-c2ccc(-c3ccc4nc(C5CCCN5C(=O)C(NC(=O)OC)C(C)C)[nH]c4c3)c3c2C2CC(C)CC3N2)nc1)C(C)C. The number of fused-ring (bicyclic) bond motifs is 6. The van der Waals surface area contributed by atoms with Crippen LogP contribution in [0.15, 0.2) is 53.7 Å². The van der Waals surface area contributed by atoms with E-state index in [-0.39, 0.29) is 53.5 Å². The summed E-state index contributed by atoms with van der Waals surface area (Å²) in [7, 11) is 2.58. The Labute approximate surface area is 380 Å². The Morgan fingerprint density at radius 1 is 0.862 bits per heavy atom. The standard InChI is InChI=1S/C49H62N10O6/c1-26(2)43(56-48(62)64-6)46(60)58-18-8-10-31(58)24-51-25-34(50)30-13-16-35(52-23-30)33-15-14-32(41-38-20-28(5)21-39(53-38)42(33)41)29-12-17-36-37(22-29)55-45(54-36)40-11-9-19-59(40)47(61)44(27(3)4)57-49(63)65-7/h12-17,22-23,25-28,31,38-40,43-44,50,53H,8-11,18-21,24H2,1-7H3,(H,54,55)(H,56,62)(H,57,63). The van der Waals surface area contributed by atoms with E-state index in [0.717, 1.165) is 72.2 Å². The largest absolute Gasteiger partial charge is 0.453 e. The van der Waals surface area contributed by atoms with E-state index in [9.17, 15) is 19.2 Å². The molecular formula is C49H62N10O6. The van der Waals surface area contributed by atoms with E-state index in [1.165, 1.54) is 30.9 Å². The summed E-state index contributed by atoms with van der Waals surface area (Å²) in [5.74, 6) is 0.772. The van der Waals surface area contributed by atoms with Crippen molar-refractivity contribution in [2.45, 2.75) is 109 Å².